The monoisotopic (exact) mass is 376 g/mol. The molecule has 0 radical (unpaired) electrons. The van der Waals surface area contributed by atoms with E-state index in [0.29, 0.717) is 24.0 Å². The first-order valence-corrected chi connectivity index (χ1v) is 8.85. The third-order valence-corrected chi connectivity index (χ3v) is 4.03. The van der Waals surface area contributed by atoms with Crippen molar-refractivity contribution in [2.75, 3.05) is 37.8 Å². The molecule has 2 aromatic carbocycles. The van der Waals surface area contributed by atoms with Crippen molar-refractivity contribution in [1.82, 2.24) is 14.9 Å². The molecule has 0 bridgehead atoms. The predicted octanol–water partition coefficient (Wildman–Crippen LogP) is 3.87. The SMILES string of the molecule is CN(C)CCNc1nc(Nc2cccc(F)c2C#N)cc(-c2ccccc2)n1. The van der Waals surface area contributed by atoms with E-state index < -0.39 is 5.82 Å². The first kappa shape index (κ1) is 19.3. The van der Waals surface area contributed by atoms with Gasteiger partial charge in [-0.2, -0.15) is 10.2 Å². The summed E-state index contributed by atoms with van der Waals surface area (Å²) in [5.41, 5.74) is 1.97. The lowest BCUT2D eigenvalue weighted by Crippen LogP contribution is -2.21. The molecule has 1 heterocycles. The fourth-order valence-corrected chi connectivity index (χ4v) is 2.62. The van der Waals surface area contributed by atoms with Gasteiger partial charge in [0.1, 0.15) is 23.3 Å². The second kappa shape index (κ2) is 8.93. The second-order valence-electron chi connectivity index (χ2n) is 6.46. The lowest BCUT2D eigenvalue weighted by atomic mass is 10.1. The largest absolute Gasteiger partial charge is 0.353 e. The molecule has 7 heteroatoms. The number of halogens is 1. The molecule has 0 saturated heterocycles. The maximum absolute atomic E-state index is 13.9. The first-order valence-electron chi connectivity index (χ1n) is 8.85. The number of benzene rings is 2. The summed E-state index contributed by atoms with van der Waals surface area (Å²) in [4.78, 5) is 11.1. The van der Waals surface area contributed by atoms with Crippen LogP contribution in [0, 0.1) is 17.1 Å². The topological polar surface area (TPSA) is 76.9 Å². The molecule has 0 fully saturated rings. The van der Waals surface area contributed by atoms with E-state index in [0.717, 1.165) is 17.8 Å². The highest BCUT2D eigenvalue weighted by atomic mass is 19.1. The van der Waals surface area contributed by atoms with Crippen molar-refractivity contribution in [3.63, 3.8) is 0 Å². The number of hydrogen-bond donors (Lipinski definition) is 2. The van der Waals surface area contributed by atoms with Crippen LogP contribution in [0.4, 0.5) is 21.8 Å². The minimum Gasteiger partial charge on any atom is -0.353 e. The highest BCUT2D eigenvalue weighted by Gasteiger charge is 2.11. The molecule has 0 atom stereocenters. The van der Waals surface area contributed by atoms with Gasteiger partial charge in [0.05, 0.1) is 11.4 Å². The van der Waals surface area contributed by atoms with Gasteiger partial charge in [-0.05, 0) is 26.2 Å². The number of anilines is 3. The normalized spacial score (nSPS) is 10.5. The Bertz CT molecular complexity index is 982. The van der Waals surface area contributed by atoms with E-state index in [1.54, 1.807) is 18.2 Å². The summed E-state index contributed by atoms with van der Waals surface area (Å²) in [7, 11) is 3.98. The molecule has 0 unspecified atom stereocenters. The molecule has 0 spiro atoms. The molecule has 3 aromatic rings. The van der Waals surface area contributed by atoms with Gasteiger partial charge in [0.2, 0.25) is 5.95 Å². The summed E-state index contributed by atoms with van der Waals surface area (Å²) in [5.74, 6) is 0.359. The van der Waals surface area contributed by atoms with Crippen molar-refractivity contribution in [3.8, 4) is 17.3 Å². The van der Waals surface area contributed by atoms with Gasteiger partial charge in [0.25, 0.3) is 0 Å². The van der Waals surface area contributed by atoms with E-state index in [2.05, 4.69) is 25.5 Å². The van der Waals surface area contributed by atoms with Gasteiger partial charge in [-0.3, -0.25) is 0 Å². The zero-order valence-electron chi connectivity index (χ0n) is 15.8. The van der Waals surface area contributed by atoms with Crippen LogP contribution in [0.15, 0.2) is 54.6 Å². The molecule has 0 saturated carbocycles. The molecule has 2 N–H and O–H groups in total. The first-order chi connectivity index (χ1) is 13.6. The molecule has 0 amide bonds. The molecule has 3 rings (SSSR count). The van der Waals surface area contributed by atoms with Gasteiger partial charge >= 0.3 is 0 Å². The van der Waals surface area contributed by atoms with Crippen LogP contribution in [0.3, 0.4) is 0 Å². The van der Waals surface area contributed by atoms with Gasteiger partial charge in [0, 0.05) is 24.7 Å². The van der Waals surface area contributed by atoms with Crippen molar-refractivity contribution in [1.29, 1.82) is 5.26 Å². The zero-order valence-corrected chi connectivity index (χ0v) is 15.8. The van der Waals surface area contributed by atoms with Crippen molar-refractivity contribution < 1.29 is 4.39 Å². The summed E-state index contributed by atoms with van der Waals surface area (Å²) < 4.78 is 13.9. The summed E-state index contributed by atoms with van der Waals surface area (Å²) >= 11 is 0. The molecule has 0 aliphatic rings. The summed E-state index contributed by atoms with van der Waals surface area (Å²) in [5, 5.41) is 15.5. The Morgan fingerprint density at radius 2 is 1.86 bits per heavy atom. The van der Waals surface area contributed by atoms with Crippen molar-refractivity contribution in [2.24, 2.45) is 0 Å². The summed E-state index contributed by atoms with van der Waals surface area (Å²) in [6.45, 7) is 1.50. The number of nitrogens with one attached hydrogen (secondary N) is 2. The molecule has 1 aromatic heterocycles. The predicted molar refractivity (Wildman–Crippen MR) is 109 cm³/mol. The fourth-order valence-electron chi connectivity index (χ4n) is 2.62. The molecule has 142 valence electrons. The Morgan fingerprint density at radius 1 is 1.07 bits per heavy atom. The standard InChI is InChI=1S/C21H21FN6/c1-28(2)12-11-24-21-26-19(15-7-4-3-5-8-15)13-20(27-21)25-18-10-6-9-17(22)16(18)14-23/h3-10,13H,11-12H2,1-2H3,(H2,24,25,26,27). The molecular formula is C21H21FN6. The van der Waals surface area contributed by atoms with Crippen LogP contribution < -0.4 is 10.6 Å². The van der Waals surface area contributed by atoms with Gasteiger partial charge in [-0.15, -0.1) is 0 Å². The lowest BCUT2D eigenvalue weighted by molar-refractivity contribution is 0.425. The van der Waals surface area contributed by atoms with Crippen molar-refractivity contribution in [2.45, 2.75) is 0 Å². The Morgan fingerprint density at radius 3 is 2.57 bits per heavy atom. The number of nitriles is 1. The van der Waals surface area contributed by atoms with Crippen LogP contribution in [-0.4, -0.2) is 42.1 Å². The van der Waals surface area contributed by atoms with E-state index >= 15 is 0 Å². The third kappa shape index (κ3) is 4.81. The number of nitrogens with zero attached hydrogens (tertiary/aromatic N) is 4. The Kier molecular flexibility index (Phi) is 6.14. The third-order valence-electron chi connectivity index (χ3n) is 4.03. The average Bonchev–Trinajstić information content (AvgIpc) is 2.68. The Labute approximate surface area is 163 Å². The van der Waals surface area contributed by atoms with E-state index in [9.17, 15) is 9.65 Å². The zero-order chi connectivity index (χ0) is 19.9. The average molecular weight is 376 g/mol. The molecule has 28 heavy (non-hydrogen) atoms. The van der Waals surface area contributed by atoms with Gasteiger partial charge in [0.15, 0.2) is 0 Å². The van der Waals surface area contributed by atoms with Crippen LogP contribution in [0.25, 0.3) is 11.3 Å². The van der Waals surface area contributed by atoms with Crippen LogP contribution in [0.2, 0.25) is 0 Å². The fraction of sp³-hybridized carbons (Fsp3) is 0.190. The number of rotatable bonds is 7. The second-order valence-corrected chi connectivity index (χ2v) is 6.46. The summed E-state index contributed by atoms with van der Waals surface area (Å²) in [6.07, 6.45) is 0. The maximum Gasteiger partial charge on any atom is 0.225 e. The van der Waals surface area contributed by atoms with E-state index in [4.69, 9.17) is 0 Å². The molecule has 6 nitrogen and oxygen atoms in total. The molecule has 0 aliphatic heterocycles. The smallest absolute Gasteiger partial charge is 0.225 e. The highest BCUT2D eigenvalue weighted by molar-refractivity contribution is 5.70. The number of likely N-dealkylation sites (N-methyl/N-ethyl adjacent to an activating group) is 1. The van der Waals surface area contributed by atoms with Gasteiger partial charge in [-0.25, -0.2) is 9.37 Å². The highest BCUT2D eigenvalue weighted by Crippen LogP contribution is 2.26. The Balaban J connectivity index is 1.95. The minimum absolute atomic E-state index is 0.0514. The van der Waals surface area contributed by atoms with Crippen molar-refractivity contribution >= 4 is 17.5 Å². The maximum atomic E-state index is 13.9. The van der Waals surface area contributed by atoms with E-state index in [-0.39, 0.29) is 5.56 Å². The quantitative estimate of drug-likeness (QED) is 0.652. The van der Waals surface area contributed by atoms with Crippen LogP contribution in [-0.2, 0) is 0 Å². The van der Waals surface area contributed by atoms with Gasteiger partial charge < -0.3 is 15.5 Å². The van der Waals surface area contributed by atoms with Crippen LogP contribution in [0.5, 0.6) is 0 Å². The van der Waals surface area contributed by atoms with Crippen molar-refractivity contribution in [3.05, 3.63) is 66.0 Å². The minimum atomic E-state index is -0.575. The number of hydrogen-bond acceptors (Lipinski definition) is 6. The van der Waals surface area contributed by atoms with Crippen LogP contribution >= 0.6 is 0 Å². The lowest BCUT2D eigenvalue weighted by Gasteiger charge is -2.14. The molecule has 0 aliphatic carbocycles. The van der Waals surface area contributed by atoms with Crippen LogP contribution in [0.1, 0.15) is 5.56 Å². The van der Waals surface area contributed by atoms with E-state index in [1.165, 1.54) is 6.07 Å². The number of aromatic nitrogens is 2. The van der Waals surface area contributed by atoms with Gasteiger partial charge in [-0.1, -0.05) is 36.4 Å². The van der Waals surface area contributed by atoms with E-state index in [1.807, 2.05) is 50.5 Å². The summed E-state index contributed by atoms with van der Waals surface area (Å²) in [6, 6.07) is 17.8. The Hall–Kier alpha value is -3.50. The molecular weight excluding hydrogens is 355 g/mol.